The number of nitrogens with zero attached hydrogens (tertiary/aromatic N) is 3. The number of hydrogen-bond acceptors (Lipinski definition) is 6. The number of rotatable bonds is 3. The van der Waals surface area contributed by atoms with Crippen LogP contribution in [0.25, 0.3) is 33.9 Å². The number of fused-ring (bicyclic) bond motifs is 1. The van der Waals surface area contributed by atoms with E-state index in [1.165, 1.54) is 0 Å². The van der Waals surface area contributed by atoms with E-state index in [9.17, 15) is 4.79 Å². The molecule has 0 atom stereocenters. The average molecular weight is 333 g/mol. The first kappa shape index (κ1) is 15.1. The first-order valence-corrected chi connectivity index (χ1v) is 7.76. The van der Waals surface area contributed by atoms with Gasteiger partial charge < -0.3 is 13.7 Å². The molecule has 6 nitrogen and oxygen atoms in total. The van der Waals surface area contributed by atoms with Crippen molar-refractivity contribution in [1.82, 2.24) is 10.2 Å². The maximum atomic E-state index is 12.2. The van der Waals surface area contributed by atoms with Gasteiger partial charge in [-0.15, -0.1) is 10.2 Å². The summed E-state index contributed by atoms with van der Waals surface area (Å²) in [5.74, 6) is 0.496. The van der Waals surface area contributed by atoms with Gasteiger partial charge in [0.2, 0.25) is 5.89 Å². The fraction of sp³-hybridized carbons (Fsp3) is 0.105. The van der Waals surface area contributed by atoms with Gasteiger partial charge in [-0.2, -0.15) is 0 Å². The molecule has 0 spiro atoms. The van der Waals surface area contributed by atoms with E-state index in [1.807, 2.05) is 61.5 Å². The van der Waals surface area contributed by atoms with Gasteiger partial charge in [0.05, 0.1) is 0 Å². The second kappa shape index (κ2) is 5.90. The van der Waals surface area contributed by atoms with Crippen LogP contribution in [0.3, 0.4) is 0 Å². The van der Waals surface area contributed by atoms with Gasteiger partial charge in [-0.1, -0.05) is 24.3 Å². The van der Waals surface area contributed by atoms with Gasteiger partial charge in [-0.05, 0) is 30.3 Å². The highest BCUT2D eigenvalue weighted by molar-refractivity contribution is 5.80. The summed E-state index contributed by atoms with van der Waals surface area (Å²) in [6.45, 7) is 0. The highest BCUT2D eigenvalue weighted by atomic mass is 16.4. The maximum Gasteiger partial charge on any atom is 0.349 e. The minimum Gasteiger partial charge on any atom is -0.422 e. The van der Waals surface area contributed by atoms with Crippen LogP contribution in [0.4, 0.5) is 5.69 Å². The van der Waals surface area contributed by atoms with Crippen molar-refractivity contribution in [3.63, 3.8) is 0 Å². The smallest absolute Gasteiger partial charge is 0.349 e. The van der Waals surface area contributed by atoms with Crippen LogP contribution < -0.4 is 10.5 Å². The molecule has 0 radical (unpaired) electrons. The van der Waals surface area contributed by atoms with Gasteiger partial charge in [0.1, 0.15) is 11.1 Å². The highest BCUT2D eigenvalue weighted by Crippen LogP contribution is 2.26. The molecule has 25 heavy (non-hydrogen) atoms. The van der Waals surface area contributed by atoms with Gasteiger partial charge in [-0.25, -0.2) is 4.79 Å². The van der Waals surface area contributed by atoms with E-state index in [2.05, 4.69) is 10.2 Å². The normalized spacial score (nSPS) is 11.0. The number of hydrogen-bond donors (Lipinski definition) is 0. The van der Waals surface area contributed by atoms with Crippen LogP contribution in [0.2, 0.25) is 0 Å². The second-order valence-corrected chi connectivity index (χ2v) is 5.84. The average Bonchev–Trinajstić information content (AvgIpc) is 3.11. The molecule has 4 rings (SSSR count). The first-order chi connectivity index (χ1) is 12.1. The van der Waals surface area contributed by atoms with Gasteiger partial charge >= 0.3 is 5.63 Å². The Labute approximate surface area is 143 Å². The highest BCUT2D eigenvalue weighted by Gasteiger charge is 2.16. The Bertz CT molecular complexity index is 1110. The number of para-hydroxylation sites is 1. The van der Waals surface area contributed by atoms with E-state index in [1.54, 1.807) is 12.1 Å². The van der Waals surface area contributed by atoms with Crippen LogP contribution in [-0.4, -0.2) is 24.3 Å². The molecule has 0 aliphatic heterocycles. The third-order valence-electron chi connectivity index (χ3n) is 3.91. The molecule has 2 aromatic heterocycles. The van der Waals surface area contributed by atoms with Crippen molar-refractivity contribution in [2.75, 3.05) is 19.0 Å². The first-order valence-electron chi connectivity index (χ1n) is 7.76. The molecule has 0 aliphatic carbocycles. The quantitative estimate of drug-likeness (QED) is 0.534. The van der Waals surface area contributed by atoms with Gasteiger partial charge in [0.25, 0.3) is 5.89 Å². The summed E-state index contributed by atoms with van der Waals surface area (Å²) < 4.78 is 11.0. The topological polar surface area (TPSA) is 72.4 Å². The second-order valence-electron chi connectivity index (χ2n) is 5.84. The molecular weight excluding hydrogens is 318 g/mol. The monoisotopic (exact) mass is 333 g/mol. The molecule has 4 aromatic rings. The van der Waals surface area contributed by atoms with Crippen molar-refractivity contribution in [2.45, 2.75) is 0 Å². The Morgan fingerprint density at radius 1 is 0.880 bits per heavy atom. The summed E-state index contributed by atoms with van der Waals surface area (Å²) in [4.78, 5) is 14.2. The molecule has 6 heteroatoms. The van der Waals surface area contributed by atoms with Gasteiger partial charge in [0.15, 0.2) is 0 Å². The van der Waals surface area contributed by atoms with Crippen LogP contribution in [0.15, 0.2) is 68.2 Å². The largest absolute Gasteiger partial charge is 0.422 e. The molecule has 124 valence electrons. The van der Waals surface area contributed by atoms with Crippen molar-refractivity contribution in [1.29, 1.82) is 0 Å². The molecule has 0 bridgehead atoms. The predicted octanol–water partition coefficient (Wildman–Crippen LogP) is 3.58. The molecule has 0 N–H and O–H groups in total. The zero-order valence-electron chi connectivity index (χ0n) is 13.8. The summed E-state index contributed by atoms with van der Waals surface area (Å²) in [7, 11) is 3.91. The Morgan fingerprint density at radius 3 is 2.52 bits per heavy atom. The van der Waals surface area contributed by atoms with Crippen molar-refractivity contribution < 1.29 is 8.83 Å². The lowest BCUT2D eigenvalue weighted by Crippen LogP contribution is -2.08. The third-order valence-corrected chi connectivity index (χ3v) is 3.91. The van der Waals surface area contributed by atoms with E-state index in [0.29, 0.717) is 11.5 Å². The summed E-state index contributed by atoms with van der Waals surface area (Å²) >= 11 is 0. The maximum absolute atomic E-state index is 12.2. The molecule has 2 aromatic carbocycles. The molecule has 0 fully saturated rings. The Hall–Kier alpha value is -3.41. The lowest BCUT2D eigenvalue weighted by molar-refractivity contribution is 0.547. The predicted molar refractivity (Wildman–Crippen MR) is 95.5 cm³/mol. The zero-order valence-corrected chi connectivity index (χ0v) is 13.8. The standard InChI is InChI=1S/C19H15N3O3/c1-22(2)14-8-5-7-13(10-14)17-20-21-18(25-17)15-11-12-6-3-4-9-16(12)24-19(15)23/h3-11H,1-2H3. The van der Waals surface area contributed by atoms with Crippen molar-refractivity contribution in [3.8, 4) is 22.9 Å². The van der Waals surface area contributed by atoms with Gasteiger partial charge in [-0.3, -0.25) is 0 Å². The molecular formula is C19H15N3O3. The van der Waals surface area contributed by atoms with Crippen LogP contribution >= 0.6 is 0 Å². The molecule has 0 amide bonds. The number of benzene rings is 2. The minimum atomic E-state index is -0.504. The van der Waals surface area contributed by atoms with E-state index >= 15 is 0 Å². The fourth-order valence-electron chi connectivity index (χ4n) is 2.58. The summed E-state index contributed by atoms with van der Waals surface area (Å²) in [5.41, 5.74) is 2.07. The van der Waals surface area contributed by atoms with Gasteiger partial charge in [0, 0.05) is 30.7 Å². The molecule has 0 unspecified atom stereocenters. The van der Waals surface area contributed by atoms with E-state index in [-0.39, 0.29) is 11.5 Å². The Balaban J connectivity index is 1.78. The van der Waals surface area contributed by atoms with Crippen molar-refractivity contribution in [3.05, 3.63) is 65.0 Å². The molecule has 0 aliphatic rings. The lowest BCUT2D eigenvalue weighted by Gasteiger charge is -2.12. The third kappa shape index (κ3) is 2.78. The van der Waals surface area contributed by atoms with Crippen LogP contribution in [0.5, 0.6) is 0 Å². The fourth-order valence-corrected chi connectivity index (χ4v) is 2.58. The van der Waals surface area contributed by atoms with Crippen LogP contribution in [0.1, 0.15) is 0 Å². The summed E-state index contributed by atoms with van der Waals surface area (Å²) in [6, 6.07) is 16.7. The number of aromatic nitrogens is 2. The molecule has 2 heterocycles. The minimum absolute atomic E-state index is 0.143. The van der Waals surface area contributed by atoms with E-state index < -0.39 is 5.63 Å². The summed E-state index contributed by atoms with van der Waals surface area (Å²) in [5, 5.41) is 8.88. The Kier molecular flexibility index (Phi) is 3.57. The molecule has 0 saturated heterocycles. The zero-order chi connectivity index (χ0) is 17.4. The van der Waals surface area contributed by atoms with Crippen molar-refractivity contribution in [2.24, 2.45) is 0 Å². The van der Waals surface area contributed by atoms with Crippen molar-refractivity contribution >= 4 is 16.7 Å². The van der Waals surface area contributed by atoms with Crippen LogP contribution in [-0.2, 0) is 0 Å². The molecule has 0 saturated carbocycles. The number of anilines is 1. The Morgan fingerprint density at radius 2 is 1.68 bits per heavy atom. The summed E-state index contributed by atoms with van der Waals surface area (Å²) in [6.07, 6.45) is 0. The van der Waals surface area contributed by atoms with E-state index in [4.69, 9.17) is 8.83 Å². The SMILES string of the molecule is CN(C)c1cccc(-c2nnc(-c3cc4ccccc4oc3=O)o2)c1. The van der Waals surface area contributed by atoms with Crippen LogP contribution in [0, 0.1) is 0 Å². The lowest BCUT2D eigenvalue weighted by atomic mass is 10.2. The van der Waals surface area contributed by atoms with E-state index in [0.717, 1.165) is 16.6 Å².